The van der Waals surface area contributed by atoms with Crippen LogP contribution in [0.15, 0.2) is 6.07 Å². The summed E-state index contributed by atoms with van der Waals surface area (Å²) in [5.74, 6) is 0.984. The molecule has 3 rings (SSSR count). The van der Waals surface area contributed by atoms with Crippen molar-refractivity contribution in [1.29, 1.82) is 0 Å². The van der Waals surface area contributed by atoms with Gasteiger partial charge in [-0.2, -0.15) is 5.10 Å². The third-order valence-electron chi connectivity index (χ3n) is 3.98. The number of hydrogen-bond donors (Lipinski definition) is 2. The summed E-state index contributed by atoms with van der Waals surface area (Å²) in [4.78, 5) is 23.4. The van der Waals surface area contributed by atoms with Crippen molar-refractivity contribution in [3.63, 3.8) is 0 Å². The Kier molecular flexibility index (Phi) is 5.57. The summed E-state index contributed by atoms with van der Waals surface area (Å²) in [5.41, 5.74) is 2.28. The smallest absolute Gasteiger partial charge is 0.223 e. The van der Waals surface area contributed by atoms with Gasteiger partial charge in [0.2, 0.25) is 12.3 Å². The van der Waals surface area contributed by atoms with Crippen LogP contribution in [0.5, 0.6) is 0 Å². The quantitative estimate of drug-likeness (QED) is 0.829. The largest absolute Gasteiger partial charge is 0.351 e. The van der Waals surface area contributed by atoms with Gasteiger partial charge in [-0.15, -0.1) is 0 Å². The molecule has 1 aromatic heterocycles. The number of aromatic nitrogens is 2. The minimum Gasteiger partial charge on any atom is -0.351 e. The fraction of sp³-hybridized carbons (Fsp3) is 0.688. The summed E-state index contributed by atoms with van der Waals surface area (Å²) >= 11 is 0. The lowest BCUT2D eigenvalue weighted by molar-refractivity contribution is -0.123. The summed E-state index contributed by atoms with van der Waals surface area (Å²) < 4.78 is 0. The number of hydrogen-bond acceptors (Lipinski definition) is 3. The van der Waals surface area contributed by atoms with E-state index in [0.29, 0.717) is 12.5 Å². The van der Waals surface area contributed by atoms with Gasteiger partial charge in [-0.3, -0.25) is 14.7 Å². The summed E-state index contributed by atoms with van der Waals surface area (Å²) in [5, 5.41) is 9.96. The first-order valence-corrected chi connectivity index (χ1v) is 8.01. The van der Waals surface area contributed by atoms with Crippen LogP contribution in [-0.4, -0.2) is 46.5 Å². The maximum Gasteiger partial charge on any atom is 0.223 e. The molecule has 1 aliphatic carbocycles. The molecule has 2 aliphatic rings. The molecule has 1 saturated heterocycles. The summed E-state index contributed by atoms with van der Waals surface area (Å²) in [6.07, 6.45) is 3.83. The lowest BCUT2D eigenvalue weighted by Crippen LogP contribution is -2.37. The zero-order chi connectivity index (χ0) is 16.1. The van der Waals surface area contributed by atoms with Crippen molar-refractivity contribution in [3.8, 4) is 0 Å². The molecule has 1 saturated carbocycles. The van der Waals surface area contributed by atoms with Gasteiger partial charge in [0.25, 0.3) is 0 Å². The summed E-state index contributed by atoms with van der Waals surface area (Å²) in [6.45, 7) is 7.74. The highest BCUT2D eigenvalue weighted by Crippen LogP contribution is 2.29. The topological polar surface area (TPSA) is 78.1 Å². The number of likely N-dealkylation sites (tertiary alicyclic amines) is 1. The number of carbonyl (C=O) groups excluding carboxylic acids is 2. The van der Waals surface area contributed by atoms with E-state index in [1.165, 1.54) is 0 Å². The predicted octanol–water partition coefficient (Wildman–Crippen LogP) is 1.58. The fourth-order valence-electron chi connectivity index (χ4n) is 2.40. The third kappa shape index (κ3) is 4.86. The molecule has 0 radical (unpaired) electrons. The number of rotatable bonds is 4. The molecule has 1 aliphatic heterocycles. The molecule has 6 heteroatoms. The molecule has 0 bridgehead atoms. The van der Waals surface area contributed by atoms with Crippen molar-refractivity contribution in [2.24, 2.45) is 5.92 Å². The van der Waals surface area contributed by atoms with E-state index in [2.05, 4.69) is 35.4 Å². The van der Waals surface area contributed by atoms with Crippen LogP contribution in [0.25, 0.3) is 0 Å². The Morgan fingerprint density at radius 2 is 2.18 bits per heavy atom. The van der Waals surface area contributed by atoms with Gasteiger partial charge in [0.1, 0.15) is 0 Å². The van der Waals surface area contributed by atoms with Gasteiger partial charge < -0.3 is 10.2 Å². The molecule has 122 valence electrons. The first kappa shape index (κ1) is 16.5. The van der Waals surface area contributed by atoms with E-state index < -0.39 is 0 Å². The van der Waals surface area contributed by atoms with Crippen LogP contribution >= 0.6 is 0 Å². The normalized spacial score (nSPS) is 20.5. The molecular weight excluding hydrogens is 280 g/mol. The second kappa shape index (κ2) is 7.42. The van der Waals surface area contributed by atoms with Crippen molar-refractivity contribution in [2.45, 2.75) is 52.0 Å². The molecule has 2 amide bonds. The van der Waals surface area contributed by atoms with E-state index in [0.717, 1.165) is 43.6 Å². The molecule has 0 spiro atoms. The maximum atomic E-state index is 11.3. The van der Waals surface area contributed by atoms with Crippen LogP contribution in [0.4, 0.5) is 0 Å². The van der Waals surface area contributed by atoms with Gasteiger partial charge in [0.05, 0.1) is 5.69 Å². The van der Waals surface area contributed by atoms with Gasteiger partial charge in [0, 0.05) is 30.7 Å². The molecular formula is C16H26N4O2. The van der Waals surface area contributed by atoms with Crippen LogP contribution in [0.1, 0.15) is 50.4 Å². The van der Waals surface area contributed by atoms with Gasteiger partial charge in [-0.25, -0.2) is 0 Å². The molecule has 1 atom stereocenters. The Bertz CT molecular complexity index is 508. The predicted molar refractivity (Wildman–Crippen MR) is 84.3 cm³/mol. The first-order chi connectivity index (χ1) is 10.5. The zero-order valence-corrected chi connectivity index (χ0v) is 13.6. The van der Waals surface area contributed by atoms with Crippen molar-refractivity contribution >= 4 is 12.3 Å². The molecule has 2 N–H and O–H groups in total. The Balaban J connectivity index is 0.000000172. The molecule has 1 unspecified atom stereocenters. The average Bonchev–Trinajstić information content (AvgIpc) is 3.10. The Morgan fingerprint density at radius 1 is 1.45 bits per heavy atom. The minimum absolute atomic E-state index is 0.178. The molecule has 0 aromatic carbocycles. The first-order valence-electron chi connectivity index (χ1n) is 8.01. The number of aromatic amines is 1. The second-order valence-electron chi connectivity index (χ2n) is 6.50. The van der Waals surface area contributed by atoms with Gasteiger partial charge in [0.15, 0.2) is 0 Å². The highest BCUT2D eigenvalue weighted by Gasteiger charge is 2.32. The number of carbonyl (C=O) groups is 2. The molecule has 6 nitrogen and oxygen atoms in total. The van der Waals surface area contributed by atoms with E-state index in [4.69, 9.17) is 0 Å². The highest BCUT2D eigenvalue weighted by atomic mass is 16.2. The zero-order valence-electron chi connectivity index (χ0n) is 13.6. The number of nitrogens with one attached hydrogen (secondary N) is 2. The Morgan fingerprint density at radius 3 is 2.59 bits per heavy atom. The van der Waals surface area contributed by atoms with Crippen LogP contribution in [0.2, 0.25) is 0 Å². The second-order valence-corrected chi connectivity index (χ2v) is 6.50. The molecule has 22 heavy (non-hydrogen) atoms. The van der Waals surface area contributed by atoms with Gasteiger partial charge in [-0.05, 0) is 38.2 Å². The van der Waals surface area contributed by atoms with Crippen LogP contribution < -0.4 is 5.32 Å². The van der Waals surface area contributed by atoms with E-state index in [1.807, 2.05) is 6.92 Å². The van der Waals surface area contributed by atoms with Crippen LogP contribution in [-0.2, 0) is 9.59 Å². The highest BCUT2D eigenvalue weighted by molar-refractivity contribution is 5.81. The summed E-state index contributed by atoms with van der Waals surface area (Å²) in [7, 11) is 0. The number of nitrogens with zero attached hydrogens (tertiary/aromatic N) is 2. The van der Waals surface area contributed by atoms with E-state index in [9.17, 15) is 9.59 Å². The van der Waals surface area contributed by atoms with Gasteiger partial charge in [-0.1, -0.05) is 13.8 Å². The molecule has 2 fully saturated rings. The molecule has 2 heterocycles. The van der Waals surface area contributed by atoms with Crippen molar-refractivity contribution in [2.75, 3.05) is 13.1 Å². The number of amides is 2. The SMILES string of the molecule is Cc1cc(C(C)C)n[nH]1.O=CN1CCC(NC(=O)C2CC2)C1. The van der Waals surface area contributed by atoms with E-state index in [1.54, 1.807) is 4.90 Å². The van der Waals surface area contributed by atoms with E-state index >= 15 is 0 Å². The standard InChI is InChI=1S/C9H14N2O2.C7H12N2/c12-6-11-4-3-8(5-11)10-9(13)7-1-2-7;1-5(2)7-4-6(3)8-9-7/h6-8H,1-5H2,(H,10,13);4-5H,1-3H3,(H,8,9). The lowest BCUT2D eigenvalue weighted by Gasteiger charge is -2.12. The third-order valence-corrected chi connectivity index (χ3v) is 3.98. The van der Waals surface area contributed by atoms with Crippen molar-refractivity contribution < 1.29 is 9.59 Å². The Labute approximate surface area is 131 Å². The fourth-order valence-corrected chi connectivity index (χ4v) is 2.40. The van der Waals surface area contributed by atoms with Crippen molar-refractivity contribution in [3.05, 3.63) is 17.5 Å². The minimum atomic E-state index is 0.178. The monoisotopic (exact) mass is 306 g/mol. The maximum absolute atomic E-state index is 11.3. The lowest BCUT2D eigenvalue weighted by atomic mass is 10.1. The van der Waals surface area contributed by atoms with Crippen molar-refractivity contribution in [1.82, 2.24) is 20.4 Å². The Hall–Kier alpha value is -1.85. The van der Waals surface area contributed by atoms with E-state index in [-0.39, 0.29) is 17.9 Å². The number of aryl methyl sites for hydroxylation is 1. The average molecular weight is 306 g/mol. The van der Waals surface area contributed by atoms with Crippen LogP contribution in [0.3, 0.4) is 0 Å². The van der Waals surface area contributed by atoms with Crippen LogP contribution in [0, 0.1) is 12.8 Å². The number of H-pyrrole nitrogens is 1. The summed E-state index contributed by atoms with van der Waals surface area (Å²) in [6, 6.07) is 2.27. The van der Waals surface area contributed by atoms with Gasteiger partial charge >= 0.3 is 0 Å². The molecule has 1 aromatic rings.